The summed E-state index contributed by atoms with van der Waals surface area (Å²) < 4.78 is 0. The molecule has 0 aliphatic rings. The Morgan fingerprint density at radius 2 is 1.29 bits per heavy atom. The molecule has 0 heterocycles. The molecule has 0 saturated heterocycles. The Balaban J connectivity index is 2.60. The van der Waals surface area contributed by atoms with E-state index in [0.29, 0.717) is 6.54 Å². The highest BCUT2D eigenvalue weighted by molar-refractivity contribution is 5.84. The van der Waals surface area contributed by atoms with Gasteiger partial charge in [-0.25, -0.2) is 0 Å². The van der Waals surface area contributed by atoms with Gasteiger partial charge in [-0.05, 0) is 85.0 Å². The van der Waals surface area contributed by atoms with Crippen LogP contribution in [0.3, 0.4) is 0 Å². The second-order valence-corrected chi connectivity index (χ2v) is 9.66. The third kappa shape index (κ3) is 10.1. The zero-order valence-electron chi connectivity index (χ0n) is 19.2. The molecule has 0 amide bonds. The Bertz CT molecular complexity index is 625. The third-order valence-electron chi connectivity index (χ3n) is 5.03. The topological polar surface area (TPSA) is 62.8 Å². The van der Waals surface area contributed by atoms with Gasteiger partial charge >= 0.3 is 0 Å². The molecule has 0 aromatic heterocycles. The third-order valence-corrected chi connectivity index (χ3v) is 5.03. The molecule has 4 nitrogen and oxygen atoms in total. The van der Waals surface area contributed by atoms with Crippen LogP contribution in [0.2, 0.25) is 0 Å². The first-order chi connectivity index (χ1) is 13.0. The Labute approximate surface area is 173 Å². The Hall–Kier alpha value is -1.52. The minimum atomic E-state index is -0.112. The molecule has 3 N–H and O–H groups in total. The van der Waals surface area contributed by atoms with E-state index in [1.54, 1.807) is 0 Å². The Morgan fingerprint density at radius 1 is 0.821 bits per heavy atom. The van der Waals surface area contributed by atoms with Gasteiger partial charge in [-0.1, -0.05) is 37.6 Å². The number of nitrogens with two attached hydrogens (primary N) is 1. The van der Waals surface area contributed by atoms with Gasteiger partial charge in [0.2, 0.25) is 0 Å². The van der Waals surface area contributed by atoms with Crippen molar-refractivity contribution in [3.05, 3.63) is 35.4 Å². The lowest BCUT2D eigenvalue weighted by Gasteiger charge is -2.28. The van der Waals surface area contributed by atoms with E-state index in [9.17, 15) is 0 Å². The number of rotatable bonds is 12. The van der Waals surface area contributed by atoms with Crippen LogP contribution in [0, 0.1) is 0 Å². The summed E-state index contributed by atoms with van der Waals surface area (Å²) in [4.78, 5) is 9.47. The van der Waals surface area contributed by atoms with E-state index in [1.165, 1.54) is 12.8 Å². The normalized spacial score (nSPS) is 13.7. The lowest BCUT2D eigenvalue weighted by molar-refractivity contribution is 0.336. The summed E-state index contributed by atoms with van der Waals surface area (Å²) >= 11 is 0. The van der Waals surface area contributed by atoms with Crippen molar-refractivity contribution in [2.45, 2.75) is 90.8 Å². The quantitative estimate of drug-likeness (QED) is 0.497. The highest BCUT2D eigenvalue weighted by Gasteiger charge is 2.19. The van der Waals surface area contributed by atoms with E-state index >= 15 is 0 Å². The minimum absolute atomic E-state index is 0.0817. The molecule has 0 saturated carbocycles. The summed E-state index contributed by atoms with van der Waals surface area (Å²) in [6.07, 6.45) is 8.20. The van der Waals surface area contributed by atoms with Crippen LogP contribution in [0.15, 0.2) is 34.3 Å². The largest absolute Gasteiger partial charge is 0.330 e. The van der Waals surface area contributed by atoms with Gasteiger partial charge in [-0.3, -0.25) is 9.98 Å². The Morgan fingerprint density at radius 3 is 1.71 bits per heavy atom. The molecule has 1 rings (SSSR count). The first-order valence-electron chi connectivity index (χ1n) is 10.6. The van der Waals surface area contributed by atoms with Crippen LogP contribution in [0.4, 0.5) is 0 Å². The molecule has 1 aromatic rings. The van der Waals surface area contributed by atoms with Gasteiger partial charge in [0.05, 0.1) is 11.1 Å². The molecular weight excluding hydrogens is 344 g/mol. The molecule has 0 spiro atoms. The number of aliphatic imine (C=N–C) groups is 2. The molecule has 28 heavy (non-hydrogen) atoms. The van der Waals surface area contributed by atoms with E-state index in [2.05, 4.69) is 83.0 Å². The predicted octanol–water partition coefficient (Wildman–Crippen LogP) is 4.99. The standard InChI is InChI=1S/C24H42N4/c1-8-13-22(2,3)26-17-15-24(6,7)28-19-21-11-9-20(10-12-21)18-27-23(4,5)14-16-25/h9-12,18-19,26H,8,13-17,25H2,1-7H3. The van der Waals surface area contributed by atoms with Crippen LogP contribution >= 0.6 is 0 Å². The first-order valence-corrected chi connectivity index (χ1v) is 10.6. The average Bonchev–Trinajstić information content (AvgIpc) is 2.59. The van der Waals surface area contributed by atoms with Crippen molar-refractivity contribution in [1.29, 1.82) is 0 Å². The summed E-state index contributed by atoms with van der Waals surface area (Å²) in [6.45, 7) is 17.0. The zero-order valence-corrected chi connectivity index (χ0v) is 19.2. The molecular formula is C24H42N4. The lowest BCUT2D eigenvalue weighted by Crippen LogP contribution is -2.41. The zero-order chi connectivity index (χ0) is 21.3. The summed E-state index contributed by atoms with van der Waals surface area (Å²) in [7, 11) is 0. The molecule has 0 atom stereocenters. The average molecular weight is 387 g/mol. The van der Waals surface area contributed by atoms with Gasteiger partial charge in [0.1, 0.15) is 0 Å². The fraction of sp³-hybridized carbons (Fsp3) is 0.667. The molecule has 0 aliphatic heterocycles. The second kappa shape index (κ2) is 10.9. The van der Waals surface area contributed by atoms with Gasteiger partial charge in [0.15, 0.2) is 0 Å². The summed E-state index contributed by atoms with van der Waals surface area (Å²) in [5.41, 5.74) is 7.87. The van der Waals surface area contributed by atoms with Crippen molar-refractivity contribution in [2.75, 3.05) is 13.1 Å². The summed E-state index contributed by atoms with van der Waals surface area (Å²) in [6, 6.07) is 8.37. The molecule has 0 aliphatic carbocycles. The maximum Gasteiger partial charge on any atom is 0.0564 e. The first kappa shape index (κ1) is 24.5. The number of nitrogens with one attached hydrogen (secondary N) is 1. The van der Waals surface area contributed by atoms with Gasteiger partial charge in [-0.2, -0.15) is 0 Å². The van der Waals surface area contributed by atoms with Crippen molar-refractivity contribution in [3.63, 3.8) is 0 Å². The smallest absolute Gasteiger partial charge is 0.0564 e. The van der Waals surface area contributed by atoms with Crippen LogP contribution in [-0.2, 0) is 0 Å². The van der Waals surface area contributed by atoms with E-state index in [1.807, 2.05) is 12.4 Å². The van der Waals surface area contributed by atoms with Crippen molar-refractivity contribution in [1.82, 2.24) is 5.32 Å². The van der Waals surface area contributed by atoms with Gasteiger partial charge in [0.25, 0.3) is 0 Å². The maximum atomic E-state index is 5.64. The molecule has 0 bridgehead atoms. The second-order valence-electron chi connectivity index (χ2n) is 9.66. The van der Waals surface area contributed by atoms with Crippen molar-refractivity contribution < 1.29 is 0 Å². The van der Waals surface area contributed by atoms with Crippen LogP contribution < -0.4 is 11.1 Å². The molecule has 0 unspecified atom stereocenters. The SMILES string of the molecule is CCCC(C)(C)NCCC(C)(C)N=Cc1ccc(C=NC(C)(C)CCN)cc1. The highest BCUT2D eigenvalue weighted by atomic mass is 15.0. The molecule has 158 valence electrons. The summed E-state index contributed by atoms with van der Waals surface area (Å²) in [5.74, 6) is 0. The van der Waals surface area contributed by atoms with E-state index in [0.717, 1.165) is 30.5 Å². The predicted molar refractivity (Wildman–Crippen MR) is 125 cm³/mol. The Kier molecular flexibility index (Phi) is 9.52. The van der Waals surface area contributed by atoms with Crippen LogP contribution in [0.5, 0.6) is 0 Å². The number of hydrogen-bond acceptors (Lipinski definition) is 4. The van der Waals surface area contributed by atoms with Crippen molar-refractivity contribution in [2.24, 2.45) is 15.7 Å². The van der Waals surface area contributed by atoms with Crippen LogP contribution in [0.1, 0.15) is 85.3 Å². The van der Waals surface area contributed by atoms with Crippen LogP contribution in [0.25, 0.3) is 0 Å². The molecule has 0 fully saturated rings. The number of benzene rings is 1. The van der Waals surface area contributed by atoms with E-state index in [-0.39, 0.29) is 16.6 Å². The van der Waals surface area contributed by atoms with Gasteiger partial charge in [0, 0.05) is 18.0 Å². The highest BCUT2D eigenvalue weighted by Crippen LogP contribution is 2.17. The molecule has 4 heteroatoms. The van der Waals surface area contributed by atoms with E-state index in [4.69, 9.17) is 10.7 Å². The van der Waals surface area contributed by atoms with Crippen molar-refractivity contribution in [3.8, 4) is 0 Å². The van der Waals surface area contributed by atoms with E-state index < -0.39 is 0 Å². The monoisotopic (exact) mass is 386 g/mol. The van der Waals surface area contributed by atoms with Gasteiger partial charge < -0.3 is 11.1 Å². The summed E-state index contributed by atoms with van der Waals surface area (Å²) in [5, 5.41) is 3.66. The minimum Gasteiger partial charge on any atom is -0.330 e. The molecule has 0 radical (unpaired) electrons. The van der Waals surface area contributed by atoms with Crippen molar-refractivity contribution >= 4 is 12.4 Å². The van der Waals surface area contributed by atoms with Crippen LogP contribution in [-0.4, -0.2) is 42.1 Å². The number of nitrogens with zero attached hydrogens (tertiary/aromatic N) is 2. The number of hydrogen-bond donors (Lipinski definition) is 2. The van der Waals surface area contributed by atoms with Gasteiger partial charge in [-0.15, -0.1) is 0 Å². The fourth-order valence-electron chi connectivity index (χ4n) is 3.07. The molecule has 1 aromatic carbocycles. The maximum absolute atomic E-state index is 5.64. The fourth-order valence-corrected chi connectivity index (χ4v) is 3.07. The lowest BCUT2D eigenvalue weighted by atomic mass is 9.96.